The van der Waals surface area contributed by atoms with E-state index in [0.717, 1.165) is 0 Å². The van der Waals surface area contributed by atoms with Gasteiger partial charge in [-0.1, -0.05) is 28.1 Å². The Morgan fingerprint density at radius 3 is 2.33 bits per heavy atom. The molecule has 8 heteroatoms. The fraction of sp³-hybridized carbons (Fsp3) is 0.0769. The van der Waals surface area contributed by atoms with Crippen molar-refractivity contribution in [3.63, 3.8) is 0 Å². The van der Waals surface area contributed by atoms with E-state index in [4.69, 9.17) is 10.4 Å². The molecule has 106 valence electrons. The minimum absolute atomic E-state index is 0.136. The molecule has 1 aromatic carbocycles. The Kier molecular flexibility index (Phi) is 4.05. The first-order chi connectivity index (χ1) is 9.99. The summed E-state index contributed by atoms with van der Waals surface area (Å²) in [5.74, 6) is -1.38. The van der Waals surface area contributed by atoms with E-state index in [9.17, 15) is 14.7 Å². The maximum Gasteiger partial charge on any atom is 0.433 e. The second-order valence-electron chi connectivity index (χ2n) is 4.00. The van der Waals surface area contributed by atoms with Crippen LogP contribution in [0.2, 0.25) is 0 Å². The van der Waals surface area contributed by atoms with E-state index >= 15 is 0 Å². The van der Waals surface area contributed by atoms with Crippen LogP contribution < -0.4 is 0 Å². The summed E-state index contributed by atoms with van der Waals surface area (Å²) in [6.45, 7) is 0. The van der Waals surface area contributed by atoms with Gasteiger partial charge < -0.3 is 10.2 Å². The summed E-state index contributed by atoms with van der Waals surface area (Å²) < 4.78 is 0.437. The molecule has 0 aliphatic carbocycles. The number of alkyl halides is 1. The maximum absolute atomic E-state index is 11.3. The van der Waals surface area contributed by atoms with Crippen LogP contribution in [0.15, 0.2) is 24.3 Å². The van der Waals surface area contributed by atoms with Crippen LogP contribution in [-0.2, 0) is 5.33 Å². The summed E-state index contributed by atoms with van der Waals surface area (Å²) in [7, 11) is 0. The Morgan fingerprint density at radius 1 is 1.29 bits per heavy atom. The Hall–Kier alpha value is -2.66. The van der Waals surface area contributed by atoms with Gasteiger partial charge in [-0.15, -0.1) is 0 Å². The van der Waals surface area contributed by atoms with Gasteiger partial charge in [0.15, 0.2) is 5.69 Å². The highest BCUT2D eigenvalue weighted by Gasteiger charge is 2.26. The first-order valence-corrected chi connectivity index (χ1v) is 6.76. The molecule has 7 nitrogen and oxygen atoms in total. The minimum atomic E-state index is -1.48. The molecule has 0 saturated heterocycles. The topological polar surface area (TPSA) is 116 Å². The molecule has 0 bridgehead atoms. The molecule has 0 fully saturated rings. The third-order valence-electron chi connectivity index (χ3n) is 2.79. The summed E-state index contributed by atoms with van der Waals surface area (Å²) >= 11 is 3.15. The largest absolute Gasteiger partial charge is 0.476 e. The number of carboxylic acids is 1. The molecule has 1 heterocycles. The molecule has 2 rings (SSSR count). The van der Waals surface area contributed by atoms with Crippen LogP contribution in [-0.4, -0.2) is 32.1 Å². The van der Waals surface area contributed by atoms with E-state index in [1.807, 2.05) is 6.07 Å². The zero-order valence-electron chi connectivity index (χ0n) is 10.4. The number of aromatic carboxylic acids is 1. The van der Waals surface area contributed by atoms with Crippen molar-refractivity contribution in [2.45, 2.75) is 5.33 Å². The zero-order chi connectivity index (χ0) is 15.6. The zero-order valence-corrected chi connectivity index (χ0v) is 12.0. The lowest BCUT2D eigenvalue weighted by atomic mass is 10.1. The molecule has 1 aromatic heterocycles. The molecule has 0 amide bonds. The van der Waals surface area contributed by atoms with Gasteiger partial charge in [-0.2, -0.15) is 15.0 Å². The standard InChI is InChI=1S/C13H8BrN3O4/c14-5-9-10(8-3-1-7(6-15)2-4-8)16-17(13(20)21)11(9)12(18)19/h1-4H,5H2,(H,18,19)(H,20,21). The van der Waals surface area contributed by atoms with Gasteiger partial charge >= 0.3 is 12.1 Å². The van der Waals surface area contributed by atoms with Crippen LogP contribution in [0.25, 0.3) is 11.3 Å². The third-order valence-corrected chi connectivity index (χ3v) is 3.35. The summed E-state index contributed by atoms with van der Waals surface area (Å²) in [6.07, 6.45) is -1.48. The van der Waals surface area contributed by atoms with Gasteiger partial charge in [0.25, 0.3) is 0 Å². The highest BCUT2D eigenvalue weighted by molar-refractivity contribution is 9.08. The molecule has 0 aliphatic rings. The van der Waals surface area contributed by atoms with Gasteiger partial charge in [-0.05, 0) is 12.1 Å². The Bertz CT molecular complexity index is 759. The molecule has 0 spiro atoms. The highest BCUT2D eigenvalue weighted by atomic mass is 79.9. The lowest BCUT2D eigenvalue weighted by molar-refractivity contribution is 0.0681. The predicted octanol–water partition coefficient (Wildman–Crippen LogP) is 2.54. The highest BCUT2D eigenvalue weighted by Crippen LogP contribution is 2.28. The second-order valence-corrected chi connectivity index (χ2v) is 4.56. The first-order valence-electron chi connectivity index (χ1n) is 5.64. The van der Waals surface area contributed by atoms with Crippen molar-refractivity contribution in [3.8, 4) is 17.3 Å². The third kappa shape index (κ3) is 2.64. The summed E-state index contributed by atoms with van der Waals surface area (Å²) in [5, 5.41) is 31.0. The van der Waals surface area contributed by atoms with Crippen molar-refractivity contribution in [3.05, 3.63) is 41.1 Å². The van der Waals surface area contributed by atoms with Crippen LogP contribution in [0.3, 0.4) is 0 Å². The number of carbonyl (C=O) groups is 2. The summed E-state index contributed by atoms with van der Waals surface area (Å²) in [6, 6.07) is 8.24. The van der Waals surface area contributed by atoms with Crippen molar-refractivity contribution in [2.24, 2.45) is 0 Å². The molecule has 0 unspecified atom stereocenters. The Labute approximate surface area is 127 Å². The average molecular weight is 350 g/mol. The van der Waals surface area contributed by atoms with Crippen molar-refractivity contribution >= 4 is 28.0 Å². The molecule has 2 N–H and O–H groups in total. The van der Waals surface area contributed by atoms with E-state index in [1.165, 1.54) is 0 Å². The van der Waals surface area contributed by atoms with Gasteiger partial charge in [-0.3, -0.25) is 0 Å². The minimum Gasteiger partial charge on any atom is -0.476 e. The fourth-order valence-corrected chi connectivity index (χ4v) is 2.40. The normalized spacial score (nSPS) is 10.1. The maximum atomic E-state index is 11.3. The van der Waals surface area contributed by atoms with Crippen LogP contribution in [0.5, 0.6) is 0 Å². The molecule has 0 radical (unpaired) electrons. The number of benzene rings is 1. The number of nitriles is 1. The van der Waals surface area contributed by atoms with E-state index in [1.54, 1.807) is 24.3 Å². The smallest absolute Gasteiger partial charge is 0.433 e. The number of halogens is 1. The van der Waals surface area contributed by atoms with Crippen molar-refractivity contribution in [2.75, 3.05) is 0 Å². The van der Waals surface area contributed by atoms with Crippen molar-refractivity contribution in [1.29, 1.82) is 5.26 Å². The molecule has 2 aromatic rings. The van der Waals surface area contributed by atoms with Crippen LogP contribution in [0.4, 0.5) is 4.79 Å². The number of carboxylic acid groups (broad SMARTS) is 2. The first kappa shape index (κ1) is 14.7. The van der Waals surface area contributed by atoms with E-state index in [-0.39, 0.29) is 16.6 Å². The van der Waals surface area contributed by atoms with Crippen LogP contribution >= 0.6 is 15.9 Å². The number of hydrogen-bond acceptors (Lipinski definition) is 4. The Balaban J connectivity index is 2.68. The van der Waals surface area contributed by atoms with Crippen molar-refractivity contribution in [1.82, 2.24) is 9.78 Å². The fourth-order valence-electron chi connectivity index (χ4n) is 1.87. The second kappa shape index (κ2) is 5.76. The van der Waals surface area contributed by atoms with Crippen molar-refractivity contribution < 1.29 is 19.8 Å². The lowest BCUT2D eigenvalue weighted by Gasteiger charge is -2.00. The monoisotopic (exact) mass is 349 g/mol. The lowest BCUT2D eigenvalue weighted by Crippen LogP contribution is -2.17. The Morgan fingerprint density at radius 2 is 1.90 bits per heavy atom. The molecule has 0 aliphatic heterocycles. The quantitative estimate of drug-likeness (QED) is 0.822. The number of hydrogen-bond donors (Lipinski definition) is 2. The van der Waals surface area contributed by atoms with Gasteiger partial charge in [0.05, 0.1) is 17.3 Å². The van der Waals surface area contributed by atoms with Crippen LogP contribution in [0, 0.1) is 11.3 Å². The van der Waals surface area contributed by atoms with E-state index < -0.39 is 17.8 Å². The molecule has 0 saturated carbocycles. The van der Waals surface area contributed by atoms with E-state index in [2.05, 4.69) is 21.0 Å². The predicted molar refractivity (Wildman–Crippen MR) is 75.4 cm³/mol. The molecule has 0 atom stereocenters. The average Bonchev–Trinajstić information content (AvgIpc) is 2.87. The summed E-state index contributed by atoms with van der Waals surface area (Å²) in [4.78, 5) is 22.4. The van der Waals surface area contributed by atoms with E-state index in [0.29, 0.717) is 15.8 Å². The number of rotatable bonds is 3. The SMILES string of the molecule is N#Cc1ccc(-c2nn(C(=O)O)c(C(=O)O)c2CBr)cc1. The number of nitrogens with zero attached hydrogens (tertiary/aromatic N) is 3. The van der Waals surface area contributed by atoms with Gasteiger partial charge in [0.2, 0.25) is 0 Å². The summed E-state index contributed by atoms with van der Waals surface area (Å²) in [5.41, 5.74) is 1.07. The van der Waals surface area contributed by atoms with Crippen LogP contribution in [0.1, 0.15) is 21.6 Å². The molecule has 21 heavy (non-hydrogen) atoms. The number of aromatic nitrogens is 2. The van der Waals surface area contributed by atoms with Gasteiger partial charge in [-0.25, -0.2) is 9.59 Å². The molecular formula is C13H8BrN3O4. The van der Waals surface area contributed by atoms with Gasteiger partial charge in [0, 0.05) is 16.5 Å². The van der Waals surface area contributed by atoms with Gasteiger partial charge in [0.1, 0.15) is 0 Å². The molecular weight excluding hydrogens is 342 g/mol.